The zero-order valence-electron chi connectivity index (χ0n) is 17.2. The molecule has 1 aliphatic heterocycles. The Morgan fingerprint density at radius 1 is 0.970 bits per heavy atom. The van der Waals surface area contributed by atoms with Crippen LogP contribution in [-0.2, 0) is 11.3 Å². The summed E-state index contributed by atoms with van der Waals surface area (Å²) in [7, 11) is 0. The third-order valence-corrected chi connectivity index (χ3v) is 5.77. The molecule has 0 radical (unpaired) electrons. The third-order valence-electron chi connectivity index (χ3n) is 5.34. The number of anilines is 1. The molecule has 33 heavy (non-hydrogen) atoms. The number of rotatable bonds is 4. The van der Waals surface area contributed by atoms with Crippen LogP contribution in [0.2, 0.25) is 0 Å². The molecule has 4 aromatic rings. The number of amides is 1. The summed E-state index contributed by atoms with van der Waals surface area (Å²) >= 11 is 3.40. The summed E-state index contributed by atoms with van der Waals surface area (Å²) in [5, 5.41) is 6.03. The molecule has 0 bridgehead atoms. The first kappa shape index (κ1) is 21.0. The normalized spacial score (nSPS) is 12.7. The first-order valence-corrected chi connectivity index (χ1v) is 11.0. The topological polar surface area (TPSA) is 80.1 Å². The van der Waals surface area contributed by atoms with Crippen LogP contribution in [0.15, 0.2) is 77.5 Å². The number of Topliss-reactive ketones (excluding diaryl/α,β-unsaturated/α-hetero) is 1. The van der Waals surface area contributed by atoms with Crippen molar-refractivity contribution < 1.29 is 14.0 Å². The molecular weight excluding hydrogens is 489 g/mol. The Hall–Kier alpha value is -3.85. The monoisotopic (exact) mass is 505 g/mol. The number of hydrogen-bond donors (Lipinski definition) is 1. The summed E-state index contributed by atoms with van der Waals surface area (Å²) in [6, 6.07) is 18.2. The van der Waals surface area contributed by atoms with Crippen LogP contribution in [0, 0.1) is 5.82 Å². The molecule has 0 unspecified atom stereocenters. The number of pyridine rings is 1. The van der Waals surface area contributed by atoms with Crippen LogP contribution >= 0.6 is 15.9 Å². The number of ketones is 1. The van der Waals surface area contributed by atoms with E-state index in [4.69, 9.17) is 5.10 Å². The van der Waals surface area contributed by atoms with Gasteiger partial charge in [0.15, 0.2) is 5.82 Å². The number of carbonyl (C=O) groups excluding carboxylic acids is 2. The summed E-state index contributed by atoms with van der Waals surface area (Å²) < 4.78 is 15.9. The van der Waals surface area contributed by atoms with E-state index in [1.54, 1.807) is 53.3 Å². The molecule has 5 rings (SSSR count). The van der Waals surface area contributed by atoms with Crippen molar-refractivity contribution in [2.45, 2.75) is 6.54 Å². The van der Waals surface area contributed by atoms with Gasteiger partial charge < -0.3 is 0 Å². The SMILES string of the molecule is O=C(C(=O)N1CCn2nc(-c3ccc(F)cc3)c(-c3ccnc(Br)c3)c2N1)c1ccccc1. The van der Waals surface area contributed by atoms with Crippen LogP contribution in [0.1, 0.15) is 10.4 Å². The predicted octanol–water partition coefficient (Wildman–Crippen LogP) is 4.57. The number of carbonyl (C=O) groups is 2. The Morgan fingerprint density at radius 3 is 2.45 bits per heavy atom. The molecule has 2 aromatic heterocycles. The van der Waals surface area contributed by atoms with Gasteiger partial charge in [-0.2, -0.15) is 5.10 Å². The second-order valence-corrected chi connectivity index (χ2v) is 8.25. The van der Waals surface area contributed by atoms with Crippen molar-refractivity contribution in [2.24, 2.45) is 0 Å². The van der Waals surface area contributed by atoms with Crippen LogP contribution in [-0.4, -0.2) is 38.0 Å². The molecule has 1 N–H and O–H groups in total. The van der Waals surface area contributed by atoms with Crippen LogP contribution < -0.4 is 5.43 Å². The molecule has 1 amide bonds. The van der Waals surface area contributed by atoms with E-state index >= 15 is 0 Å². The van der Waals surface area contributed by atoms with E-state index in [2.05, 4.69) is 26.3 Å². The van der Waals surface area contributed by atoms with Crippen LogP contribution in [0.5, 0.6) is 0 Å². The molecule has 7 nitrogen and oxygen atoms in total. The van der Waals surface area contributed by atoms with E-state index < -0.39 is 11.7 Å². The summed E-state index contributed by atoms with van der Waals surface area (Å²) in [5.74, 6) is -1.03. The number of hydrazine groups is 1. The first-order valence-electron chi connectivity index (χ1n) is 10.2. The van der Waals surface area contributed by atoms with Crippen molar-refractivity contribution in [1.82, 2.24) is 19.8 Å². The van der Waals surface area contributed by atoms with Gasteiger partial charge in [0.1, 0.15) is 16.1 Å². The lowest BCUT2D eigenvalue weighted by Crippen LogP contribution is -2.46. The molecule has 0 atom stereocenters. The highest BCUT2D eigenvalue weighted by atomic mass is 79.9. The van der Waals surface area contributed by atoms with E-state index in [0.717, 1.165) is 16.7 Å². The Balaban J connectivity index is 1.56. The van der Waals surface area contributed by atoms with Crippen molar-refractivity contribution in [1.29, 1.82) is 0 Å². The number of halogens is 2. The number of fused-ring (bicyclic) bond motifs is 1. The zero-order valence-corrected chi connectivity index (χ0v) is 18.8. The molecule has 2 aromatic carbocycles. The van der Waals surface area contributed by atoms with E-state index in [-0.39, 0.29) is 12.4 Å². The molecule has 0 aliphatic carbocycles. The average Bonchev–Trinajstić information content (AvgIpc) is 3.23. The highest BCUT2D eigenvalue weighted by molar-refractivity contribution is 9.10. The van der Waals surface area contributed by atoms with E-state index in [1.165, 1.54) is 17.1 Å². The predicted molar refractivity (Wildman–Crippen MR) is 125 cm³/mol. The van der Waals surface area contributed by atoms with Crippen molar-refractivity contribution >= 4 is 33.4 Å². The molecule has 9 heteroatoms. The van der Waals surface area contributed by atoms with Crippen molar-refractivity contribution in [3.63, 3.8) is 0 Å². The molecule has 3 heterocycles. The smallest absolute Gasteiger partial charge is 0.283 e. The second kappa shape index (κ2) is 8.59. The quantitative estimate of drug-likeness (QED) is 0.249. The number of hydrogen-bond acceptors (Lipinski definition) is 5. The van der Waals surface area contributed by atoms with Gasteiger partial charge in [-0.3, -0.25) is 15.0 Å². The number of nitrogens with zero attached hydrogens (tertiary/aromatic N) is 4. The molecule has 0 saturated heterocycles. The third kappa shape index (κ3) is 4.03. The fraction of sp³-hybridized carbons (Fsp3) is 0.0833. The Morgan fingerprint density at radius 2 is 1.73 bits per heavy atom. The zero-order chi connectivity index (χ0) is 22.9. The maximum absolute atomic E-state index is 13.5. The van der Waals surface area contributed by atoms with Crippen LogP contribution in [0.3, 0.4) is 0 Å². The lowest BCUT2D eigenvalue weighted by atomic mass is 10.0. The molecule has 164 valence electrons. The largest absolute Gasteiger partial charge is 0.313 e. The van der Waals surface area contributed by atoms with Gasteiger partial charge in [0.2, 0.25) is 0 Å². The Labute approximate surface area is 197 Å². The fourth-order valence-corrected chi connectivity index (χ4v) is 4.11. The van der Waals surface area contributed by atoms with Gasteiger partial charge in [0, 0.05) is 17.3 Å². The van der Waals surface area contributed by atoms with Gasteiger partial charge in [-0.15, -0.1) is 0 Å². The van der Waals surface area contributed by atoms with Gasteiger partial charge in [0.05, 0.1) is 18.7 Å². The summed E-state index contributed by atoms with van der Waals surface area (Å²) in [6.07, 6.45) is 1.66. The first-order chi connectivity index (χ1) is 16.0. The van der Waals surface area contributed by atoms with Crippen LogP contribution in [0.25, 0.3) is 22.4 Å². The van der Waals surface area contributed by atoms with E-state index in [1.807, 2.05) is 12.1 Å². The molecule has 0 fully saturated rings. The van der Waals surface area contributed by atoms with Gasteiger partial charge in [-0.25, -0.2) is 19.1 Å². The van der Waals surface area contributed by atoms with Crippen molar-refractivity contribution in [3.8, 4) is 22.4 Å². The minimum atomic E-state index is -0.654. The van der Waals surface area contributed by atoms with E-state index in [9.17, 15) is 14.0 Å². The standard InChI is InChI=1S/C24H17BrFN5O2/c25-19-14-17(10-11-27-19)20-21(15-6-8-18(26)9-7-15)28-30-12-13-31(29-23(20)30)24(33)22(32)16-4-2-1-3-5-16/h1-11,14,29H,12-13H2. The highest BCUT2D eigenvalue weighted by Gasteiger charge is 2.31. The highest BCUT2D eigenvalue weighted by Crippen LogP contribution is 2.39. The minimum absolute atomic E-state index is 0.258. The van der Waals surface area contributed by atoms with Gasteiger partial charge in [-0.05, 0) is 57.9 Å². The molecule has 0 spiro atoms. The Kier molecular flexibility index (Phi) is 5.47. The summed E-state index contributed by atoms with van der Waals surface area (Å²) in [4.78, 5) is 29.8. The van der Waals surface area contributed by atoms with E-state index in [0.29, 0.717) is 28.2 Å². The lowest BCUT2D eigenvalue weighted by molar-refractivity contribution is -0.125. The van der Waals surface area contributed by atoms with Gasteiger partial charge >= 0.3 is 5.91 Å². The van der Waals surface area contributed by atoms with Crippen LogP contribution in [0.4, 0.5) is 10.2 Å². The van der Waals surface area contributed by atoms with Crippen molar-refractivity contribution in [2.75, 3.05) is 12.0 Å². The molecular formula is C24H17BrFN5O2. The van der Waals surface area contributed by atoms with Crippen molar-refractivity contribution in [3.05, 3.63) is 88.9 Å². The van der Waals surface area contributed by atoms with Gasteiger partial charge in [0.25, 0.3) is 5.78 Å². The van der Waals surface area contributed by atoms with Gasteiger partial charge in [-0.1, -0.05) is 30.3 Å². The lowest BCUT2D eigenvalue weighted by Gasteiger charge is -2.29. The summed E-state index contributed by atoms with van der Waals surface area (Å²) in [5.41, 5.74) is 6.28. The number of nitrogens with one attached hydrogen (secondary N) is 1. The molecule has 0 saturated carbocycles. The Bertz CT molecular complexity index is 1360. The minimum Gasteiger partial charge on any atom is -0.283 e. The summed E-state index contributed by atoms with van der Waals surface area (Å²) in [6.45, 7) is 0.644. The fourth-order valence-electron chi connectivity index (χ4n) is 3.74. The molecule has 1 aliphatic rings. The number of benzene rings is 2. The maximum Gasteiger partial charge on any atom is 0.313 e. The maximum atomic E-state index is 13.5. The average molecular weight is 506 g/mol. The number of aromatic nitrogens is 3. The second-order valence-electron chi connectivity index (χ2n) is 7.43.